The van der Waals surface area contributed by atoms with Gasteiger partial charge in [-0.1, -0.05) is 12.1 Å². The van der Waals surface area contributed by atoms with Crippen molar-refractivity contribution >= 4 is 29.5 Å². The molecule has 1 aromatic carbocycles. The first-order valence-electron chi connectivity index (χ1n) is 10.0. The van der Waals surface area contributed by atoms with Crippen LogP contribution in [0.2, 0.25) is 0 Å². The Hall–Kier alpha value is -4.00. The summed E-state index contributed by atoms with van der Waals surface area (Å²) < 4.78 is 17.0. The molecule has 0 radical (unpaired) electrons. The summed E-state index contributed by atoms with van der Waals surface area (Å²) in [6, 6.07) is 8.16. The van der Waals surface area contributed by atoms with Gasteiger partial charge in [-0.15, -0.1) is 0 Å². The lowest BCUT2D eigenvalue weighted by Crippen LogP contribution is -2.44. The van der Waals surface area contributed by atoms with Crippen LogP contribution in [0.15, 0.2) is 30.5 Å². The van der Waals surface area contributed by atoms with Gasteiger partial charge in [0.2, 0.25) is 0 Å². The minimum Gasteiger partial charge on any atom is -0.464 e. The van der Waals surface area contributed by atoms with Crippen LogP contribution in [0.1, 0.15) is 57.6 Å². The first kappa shape index (κ1) is 25.3. The Balaban J connectivity index is 2.78. The molecule has 2 rings (SSSR count). The third kappa shape index (κ3) is 5.83. The van der Waals surface area contributed by atoms with Crippen molar-refractivity contribution in [2.45, 2.75) is 52.7 Å². The van der Waals surface area contributed by atoms with Gasteiger partial charge in [-0.3, -0.25) is 0 Å². The van der Waals surface area contributed by atoms with Crippen molar-refractivity contribution < 1.29 is 28.6 Å². The molecule has 2 N–H and O–H groups in total. The highest BCUT2D eigenvalue weighted by molar-refractivity contribution is 6.11. The van der Waals surface area contributed by atoms with Crippen LogP contribution in [-0.4, -0.2) is 41.0 Å². The van der Waals surface area contributed by atoms with Gasteiger partial charge in [-0.25, -0.2) is 14.4 Å². The quantitative estimate of drug-likeness (QED) is 0.530. The molecule has 2 amide bonds. The predicted octanol–water partition coefficient (Wildman–Crippen LogP) is 4.39. The van der Waals surface area contributed by atoms with E-state index in [1.165, 1.54) is 23.9 Å². The summed E-state index contributed by atoms with van der Waals surface area (Å²) in [5.41, 5.74) is 4.22. The Morgan fingerprint density at radius 1 is 1.00 bits per heavy atom. The molecule has 176 valence electrons. The van der Waals surface area contributed by atoms with Crippen LogP contribution in [-0.2, 0) is 14.2 Å². The Kier molecular flexibility index (Phi) is 7.07. The molecule has 0 atom stereocenters. The van der Waals surface area contributed by atoms with Crippen LogP contribution in [0.5, 0.6) is 0 Å². The van der Waals surface area contributed by atoms with E-state index in [-0.39, 0.29) is 28.3 Å². The van der Waals surface area contributed by atoms with Crippen LogP contribution in [0.3, 0.4) is 0 Å². The standard InChI is InChI=1S/C23H28N4O6/c1-22(2,3)32-20(29)27(21(30)33-23(4,5)6)16-11-9-8-10-15(16)26-13-14(12-24)17(25)18(26)19(28)31-7/h8-11,13H,25H2,1-7H3. The summed E-state index contributed by atoms with van der Waals surface area (Å²) in [6.07, 6.45) is -0.642. The van der Waals surface area contributed by atoms with E-state index >= 15 is 0 Å². The molecule has 10 heteroatoms. The molecule has 0 fully saturated rings. The highest BCUT2D eigenvalue weighted by Crippen LogP contribution is 2.32. The summed E-state index contributed by atoms with van der Waals surface area (Å²) in [7, 11) is 1.17. The Morgan fingerprint density at radius 2 is 1.52 bits per heavy atom. The second kappa shape index (κ2) is 9.24. The van der Waals surface area contributed by atoms with Crippen LogP contribution in [0.4, 0.5) is 21.0 Å². The van der Waals surface area contributed by atoms with E-state index in [9.17, 15) is 19.6 Å². The maximum Gasteiger partial charge on any atom is 0.424 e. The van der Waals surface area contributed by atoms with E-state index in [2.05, 4.69) is 0 Å². The molecule has 0 aliphatic carbocycles. The number of nitriles is 1. The second-order valence-electron chi connectivity index (χ2n) is 9.06. The minimum atomic E-state index is -0.982. The summed E-state index contributed by atoms with van der Waals surface area (Å²) >= 11 is 0. The first-order valence-corrected chi connectivity index (χ1v) is 10.0. The van der Waals surface area contributed by atoms with E-state index in [0.717, 1.165) is 4.90 Å². The number of carbonyl (C=O) groups is 3. The summed E-state index contributed by atoms with van der Waals surface area (Å²) in [5.74, 6) is -0.801. The number of imide groups is 1. The van der Waals surface area contributed by atoms with Gasteiger partial charge in [0.05, 0.1) is 29.7 Å². The zero-order valence-corrected chi connectivity index (χ0v) is 19.8. The molecule has 2 aromatic rings. The number of amides is 2. The number of hydrogen-bond acceptors (Lipinski definition) is 8. The van der Waals surface area contributed by atoms with E-state index < -0.39 is 29.4 Å². The molecule has 10 nitrogen and oxygen atoms in total. The fraction of sp³-hybridized carbons (Fsp3) is 0.391. The number of esters is 1. The number of methoxy groups -OCH3 is 1. The van der Waals surface area contributed by atoms with Crippen LogP contribution in [0.25, 0.3) is 5.69 Å². The van der Waals surface area contributed by atoms with Gasteiger partial charge in [0.25, 0.3) is 0 Å². The zero-order chi connectivity index (χ0) is 25.1. The van der Waals surface area contributed by atoms with E-state index in [1.807, 2.05) is 6.07 Å². The fourth-order valence-corrected chi connectivity index (χ4v) is 2.85. The third-order valence-electron chi connectivity index (χ3n) is 4.08. The number of carbonyl (C=O) groups excluding carboxylic acids is 3. The van der Waals surface area contributed by atoms with Crippen LogP contribution < -0.4 is 10.6 Å². The van der Waals surface area contributed by atoms with Crippen molar-refractivity contribution in [2.24, 2.45) is 0 Å². The number of para-hydroxylation sites is 2. The maximum atomic E-state index is 13.1. The molecule has 1 heterocycles. The molecular formula is C23H28N4O6. The number of nitrogen functional groups attached to an aromatic ring is 1. The molecule has 0 unspecified atom stereocenters. The van der Waals surface area contributed by atoms with Gasteiger partial charge >= 0.3 is 18.2 Å². The molecule has 1 aromatic heterocycles. The van der Waals surface area contributed by atoms with Crippen molar-refractivity contribution in [3.8, 4) is 11.8 Å². The summed E-state index contributed by atoms with van der Waals surface area (Å²) in [4.78, 5) is 39.4. The highest BCUT2D eigenvalue weighted by Gasteiger charge is 2.35. The molecule has 0 aliphatic rings. The Labute approximate surface area is 192 Å². The molecule has 0 aliphatic heterocycles. The second-order valence-corrected chi connectivity index (χ2v) is 9.06. The minimum absolute atomic E-state index is 0.0197. The topological polar surface area (TPSA) is 137 Å². The monoisotopic (exact) mass is 456 g/mol. The van der Waals surface area contributed by atoms with Gasteiger partial charge in [-0.2, -0.15) is 10.2 Å². The van der Waals surface area contributed by atoms with Gasteiger partial charge in [-0.05, 0) is 53.7 Å². The lowest BCUT2D eigenvalue weighted by molar-refractivity contribution is 0.0430. The summed E-state index contributed by atoms with van der Waals surface area (Å²) in [5, 5.41) is 9.41. The molecule has 0 saturated carbocycles. The average Bonchev–Trinajstić information content (AvgIpc) is 3.01. The van der Waals surface area contributed by atoms with Gasteiger partial charge < -0.3 is 24.5 Å². The van der Waals surface area contributed by atoms with Gasteiger partial charge in [0, 0.05) is 6.20 Å². The van der Waals surface area contributed by atoms with Crippen molar-refractivity contribution in [3.05, 3.63) is 41.7 Å². The van der Waals surface area contributed by atoms with Crippen LogP contribution >= 0.6 is 0 Å². The summed E-state index contributed by atoms with van der Waals surface area (Å²) in [6.45, 7) is 9.95. The van der Waals surface area contributed by atoms with E-state index in [1.54, 1.807) is 59.7 Å². The average molecular weight is 456 g/mol. The number of benzene rings is 1. The lowest BCUT2D eigenvalue weighted by Gasteiger charge is -2.29. The highest BCUT2D eigenvalue weighted by atomic mass is 16.6. The van der Waals surface area contributed by atoms with E-state index in [0.29, 0.717) is 0 Å². The normalized spacial score (nSPS) is 11.3. The smallest absolute Gasteiger partial charge is 0.424 e. The predicted molar refractivity (Wildman–Crippen MR) is 121 cm³/mol. The van der Waals surface area contributed by atoms with Crippen molar-refractivity contribution in [1.29, 1.82) is 5.26 Å². The number of ether oxygens (including phenoxy) is 3. The number of aromatic nitrogens is 1. The van der Waals surface area contributed by atoms with Crippen LogP contribution in [0, 0.1) is 11.3 Å². The Morgan fingerprint density at radius 3 is 1.97 bits per heavy atom. The first-order chi connectivity index (χ1) is 15.2. The zero-order valence-electron chi connectivity index (χ0n) is 19.8. The van der Waals surface area contributed by atoms with Crippen molar-refractivity contribution in [3.63, 3.8) is 0 Å². The molecule has 0 saturated heterocycles. The van der Waals surface area contributed by atoms with Crippen molar-refractivity contribution in [1.82, 2.24) is 4.57 Å². The molecule has 0 bridgehead atoms. The lowest BCUT2D eigenvalue weighted by atomic mass is 10.2. The maximum absolute atomic E-state index is 13.1. The van der Waals surface area contributed by atoms with Gasteiger partial charge in [0.1, 0.15) is 17.3 Å². The third-order valence-corrected chi connectivity index (χ3v) is 4.08. The number of nitrogens with two attached hydrogens (primary N) is 1. The fourth-order valence-electron chi connectivity index (χ4n) is 2.85. The molecular weight excluding hydrogens is 428 g/mol. The largest absolute Gasteiger partial charge is 0.464 e. The van der Waals surface area contributed by atoms with Crippen molar-refractivity contribution in [2.75, 3.05) is 17.7 Å². The number of nitrogens with zero attached hydrogens (tertiary/aromatic N) is 3. The number of anilines is 2. The number of hydrogen-bond donors (Lipinski definition) is 1. The Bertz CT molecular complexity index is 1090. The molecule has 0 spiro atoms. The van der Waals surface area contributed by atoms with Gasteiger partial charge in [0.15, 0.2) is 5.69 Å². The SMILES string of the molecule is COC(=O)c1c(N)c(C#N)cn1-c1ccccc1N(C(=O)OC(C)(C)C)C(=O)OC(C)(C)C. The number of rotatable bonds is 3. The van der Waals surface area contributed by atoms with E-state index in [4.69, 9.17) is 19.9 Å². The molecule has 33 heavy (non-hydrogen) atoms.